The standard InChI is InChI=1S/C18H35N3/c1-6-10-16(11-7-2)18(19-9-4)14-17-12-13-21(20-17)15(5)8-3/h12-13,15-16,18-19H,6-11,14H2,1-5H3. The Morgan fingerprint density at radius 2 is 1.81 bits per heavy atom. The van der Waals surface area contributed by atoms with Crippen LogP contribution in [0.4, 0.5) is 0 Å². The van der Waals surface area contributed by atoms with Crippen LogP contribution in [0, 0.1) is 5.92 Å². The molecule has 1 rings (SSSR count). The lowest BCUT2D eigenvalue weighted by molar-refractivity contribution is 0.310. The van der Waals surface area contributed by atoms with Crippen LogP contribution >= 0.6 is 0 Å². The minimum Gasteiger partial charge on any atom is -0.314 e. The molecule has 21 heavy (non-hydrogen) atoms. The highest BCUT2D eigenvalue weighted by atomic mass is 15.3. The third kappa shape index (κ3) is 5.82. The van der Waals surface area contributed by atoms with Gasteiger partial charge in [0.1, 0.15) is 0 Å². The van der Waals surface area contributed by atoms with Gasteiger partial charge in [0.25, 0.3) is 0 Å². The average Bonchev–Trinajstić information content (AvgIpc) is 2.94. The van der Waals surface area contributed by atoms with E-state index in [2.05, 4.69) is 56.9 Å². The van der Waals surface area contributed by atoms with Crippen molar-refractivity contribution in [2.24, 2.45) is 5.92 Å². The predicted molar refractivity (Wildman–Crippen MR) is 91.7 cm³/mol. The summed E-state index contributed by atoms with van der Waals surface area (Å²) in [7, 11) is 0. The molecule has 0 fully saturated rings. The summed E-state index contributed by atoms with van der Waals surface area (Å²) in [6.07, 6.45) is 9.51. The maximum atomic E-state index is 4.78. The van der Waals surface area contributed by atoms with Crippen molar-refractivity contribution in [1.82, 2.24) is 15.1 Å². The van der Waals surface area contributed by atoms with Crippen LogP contribution in [0.5, 0.6) is 0 Å². The molecule has 0 aliphatic carbocycles. The lowest BCUT2D eigenvalue weighted by Gasteiger charge is -2.27. The molecule has 0 aliphatic rings. The minimum absolute atomic E-state index is 0.499. The fourth-order valence-corrected chi connectivity index (χ4v) is 3.10. The van der Waals surface area contributed by atoms with Crippen molar-refractivity contribution in [2.45, 2.75) is 85.2 Å². The molecule has 0 saturated carbocycles. The van der Waals surface area contributed by atoms with Gasteiger partial charge < -0.3 is 5.32 Å². The molecule has 2 atom stereocenters. The van der Waals surface area contributed by atoms with Crippen molar-refractivity contribution in [3.63, 3.8) is 0 Å². The summed E-state index contributed by atoms with van der Waals surface area (Å²) in [5.41, 5.74) is 1.23. The first-order valence-electron chi connectivity index (χ1n) is 8.93. The highest BCUT2D eigenvalue weighted by Crippen LogP contribution is 2.21. The van der Waals surface area contributed by atoms with Crippen molar-refractivity contribution in [2.75, 3.05) is 6.54 Å². The van der Waals surface area contributed by atoms with Crippen molar-refractivity contribution in [3.05, 3.63) is 18.0 Å². The number of nitrogens with one attached hydrogen (secondary N) is 1. The van der Waals surface area contributed by atoms with Crippen LogP contribution < -0.4 is 5.32 Å². The van der Waals surface area contributed by atoms with Crippen molar-refractivity contribution in [3.8, 4) is 0 Å². The number of hydrogen-bond acceptors (Lipinski definition) is 2. The Morgan fingerprint density at radius 1 is 1.14 bits per heavy atom. The fraction of sp³-hybridized carbons (Fsp3) is 0.833. The van der Waals surface area contributed by atoms with Gasteiger partial charge in [0.15, 0.2) is 0 Å². The van der Waals surface area contributed by atoms with Crippen LogP contribution in [0.3, 0.4) is 0 Å². The van der Waals surface area contributed by atoms with Gasteiger partial charge in [-0.1, -0.05) is 40.5 Å². The second-order valence-electron chi connectivity index (χ2n) is 6.25. The van der Waals surface area contributed by atoms with E-state index in [4.69, 9.17) is 5.10 Å². The smallest absolute Gasteiger partial charge is 0.0640 e. The Labute approximate surface area is 131 Å². The van der Waals surface area contributed by atoms with E-state index in [-0.39, 0.29) is 0 Å². The number of aromatic nitrogens is 2. The number of hydrogen-bond donors (Lipinski definition) is 1. The molecular weight excluding hydrogens is 258 g/mol. The Morgan fingerprint density at radius 3 is 2.33 bits per heavy atom. The maximum absolute atomic E-state index is 4.78. The van der Waals surface area contributed by atoms with E-state index in [9.17, 15) is 0 Å². The topological polar surface area (TPSA) is 29.9 Å². The summed E-state index contributed by atoms with van der Waals surface area (Å²) >= 11 is 0. The Bertz CT molecular complexity index is 366. The van der Waals surface area contributed by atoms with E-state index in [1.807, 2.05) is 0 Å². The summed E-state index contributed by atoms with van der Waals surface area (Å²) in [6.45, 7) is 12.3. The summed E-state index contributed by atoms with van der Waals surface area (Å²) in [5.74, 6) is 0.772. The summed E-state index contributed by atoms with van der Waals surface area (Å²) in [4.78, 5) is 0. The molecule has 1 aromatic heterocycles. The normalized spacial score (nSPS) is 14.6. The third-order valence-corrected chi connectivity index (χ3v) is 4.49. The Balaban J connectivity index is 2.73. The first-order chi connectivity index (χ1) is 10.2. The predicted octanol–water partition coefficient (Wildman–Crippen LogP) is 4.59. The molecule has 0 amide bonds. The lowest BCUT2D eigenvalue weighted by atomic mass is 9.87. The molecule has 0 spiro atoms. The van der Waals surface area contributed by atoms with E-state index in [0.717, 1.165) is 25.3 Å². The zero-order chi connectivity index (χ0) is 15.7. The second-order valence-corrected chi connectivity index (χ2v) is 6.25. The largest absolute Gasteiger partial charge is 0.314 e. The van der Waals surface area contributed by atoms with Crippen LogP contribution in [-0.4, -0.2) is 22.4 Å². The summed E-state index contributed by atoms with van der Waals surface area (Å²) in [6, 6.07) is 3.26. The molecule has 2 unspecified atom stereocenters. The van der Waals surface area contributed by atoms with Crippen molar-refractivity contribution >= 4 is 0 Å². The summed E-state index contributed by atoms with van der Waals surface area (Å²) < 4.78 is 2.12. The van der Waals surface area contributed by atoms with Crippen molar-refractivity contribution < 1.29 is 0 Å². The van der Waals surface area contributed by atoms with E-state index >= 15 is 0 Å². The van der Waals surface area contributed by atoms with E-state index in [0.29, 0.717) is 12.1 Å². The van der Waals surface area contributed by atoms with Gasteiger partial charge in [0, 0.05) is 24.7 Å². The van der Waals surface area contributed by atoms with Gasteiger partial charge in [-0.15, -0.1) is 0 Å². The third-order valence-electron chi connectivity index (χ3n) is 4.49. The summed E-state index contributed by atoms with van der Waals surface area (Å²) in [5, 5.41) is 8.49. The minimum atomic E-state index is 0.499. The lowest BCUT2D eigenvalue weighted by Crippen LogP contribution is -2.38. The molecule has 3 nitrogen and oxygen atoms in total. The average molecular weight is 293 g/mol. The van der Waals surface area contributed by atoms with Crippen LogP contribution in [0.25, 0.3) is 0 Å². The molecule has 0 radical (unpaired) electrons. The van der Waals surface area contributed by atoms with Crippen LogP contribution in [0.2, 0.25) is 0 Å². The number of nitrogens with zero attached hydrogens (tertiary/aromatic N) is 2. The molecule has 3 heteroatoms. The molecule has 0 saturated heterocycles. The maximum Gasteiger partial charge on any atom is 0.0640 e. The van der Waals surface area contributed by atoms with Gasteiger partial charge >= 0.3 is 0 Å². The van der Waals surface area contributed by atoms with Crippen LogP contribution in [0.15, 0.2) is 12.3 Å². The SMILES string of the molecule is CCCC(CCC)C(Cc1ccn(C(C)CC)n1)NCC. The molecule has 0 bridgehead atoms. The molecule has 1 heterocycles. The Kier molecular flexibility index (Phi) is 8.67. The zero-order valence-electron chi connectivity index (χ0n) is 14.7. The highest BCUT2D eigenvalue weighted by molar-refractivity contribution is 5.03. The van der Waals surface area contributed by atoms with E-state index in [1.54, 1.807) is 0 Å². The van der Waals surface area contributed by atoms with Gasteiger partial charge in [-0.25, -0.2) is 0 Å². The second kappa shape index (κ2) is 9.99. The quantitative estimate of drug-likeness (QED) is 0.646. The number of rotatable bonds is 11. The van der Waals surface area contributed by atoms with Gasteiger partial charge in [-0.3, -0.25) is 4.68 Å². The monoisotopic (exact) mass is 293 g/mol. The van der Waals surface area contributed by atoms with Gasteiger partial charge in [0.2, 0.25) is 0 Å². The molecular formula is C18H35N3. The zero-order valence-corrected chi connectivity index (χ0v) is 14.7. The molecule has 1 aromatic rings. The molecule has 0 aliphatic heterocycles. The van der Waals surface area contributed by atoms with E-state index < -0.39 is 0 Å². The van der Waals surface area contributed by atoms with E-state index in [1.165, 1.54) is 31.4 Å². The van der Waals surface area contributed by atoms with Gasteiger partial charge in [-0.2, -0.15) is 5.10 Å². The van der Waals surface area contributed by atoms with Crippen LogP contribution in [-0.2, 0) is 6.42 Å². The first kappa shape index (κ1) is 18.2. The fourth-order valence-electron chi connectivity index (χ4n) is 3.10. The number of likely N-dealkylation sites (N-methyl/N-ethyl adjacent to an activating group) is 1. The van der Waals surface area contributed by atoms with Gasteiger partial charge in [0.05, 0.1) is 5.69 Å². The highest BCUT2D eigenvalue weighted by Gasteiger charge is 2.20. The van der Waals surface area contributed by atoms with Crippen molar-refractivity contribution in [1.29, 1.82) is 0 Å². The van der Waals surface area contributed by atoms with Gasteiger partial charge in [-0.05, 0) is 44.7 Å². The Hall–Kier alpha value is -0.830. The molecule has 1 N–H and O–H groups in total. The first-order valence-corrected chi connectivity index (χ1v) is 8.93. The molecule has 0 aromatic carbocycles. The van der Waals surface area contributed by atoms with Crippen LogP contribution in [0.1, 0.15) is 78.5 Å². The molecule has 122 valence electrons.